The molecule has 0 aliphatic rings. The third kappa shape index (κ3) is 2.95. The fourth-order valence-electron chi connectivity index (χ4n) is 1.41. The van der Waals surface area contributed by atoms with Crippen LogP contribution in [0.1, 0.15) is 5.56 Å². The van der Waals surface area contributed by atoms with Gasteiger partial charge in [0.1, 0.15) is 17.3 Å². The van der Waals surface area contributed by atoms with Crippen LogP contribution in [-0.4, -0.2) is 4.98 Å². The van der Waals surface area contributed by atoms with Gasteiger partial charge in [-0.15, -0.1) is 0 Å². The first-order chi connectivity index (χ1) is 8.19. The lowest BCUT2D eigenvalue weighted by Crippen LogP contribution is -2.08. The molecule has 0 fully saturated rings. The van der Waals surface area contributed by atoms with E-state index < -0.39 is 0 Å². The molecule has 0 radical (unpaired) electrons. The second-order valence-corrected chi connectivity index (χ2v) is 4.45. The molecule has 0 aliphatic heterocycles. The first-order valence-electron chi connectivity index (χ1n) is 5.06. The van der Waals surface area contributed by atoms with E-state index in [0.29, 0.717) is 11.6 Å². The van der Waals surface area contributed by atoms with Crippen molar-refractivity contribution in [3.05, 3.63) is 46.6 Å². The van der Waals surface area contributed by atoms with Crippen molar-refractivity contribution in [2.75, 3.05) is 5.43 Å². The van der Waals surface area contributed by atoms with E-state index in [4.69, 9.17) is 10.6 Å². The summed E-state index contributed by atoms with van der Waals surface area (Å²) in [7, 11) is 0. The number of pyridine rings is 1. The van der Waals surface area contributed by atoms with Gasteiger partial charge in [0.2, 0.25) is 0 Å². The second-order valence-electron chi connectivity index (χ2n) is 3.53. The number of hydrogen-bond donors (Lipinski definition) is 2. The smallest absolute Gasteiger partial charge is 0.143 e. The van der Waals surface area contributed by atoms with Gasteiger partial charge in [-0.3, -0.25) is 0 Å². The van der Waals surface area contributed by atoms with E-state index >= 15 is 0 Å². The molecule has 5 heteroatoms. The van der Waals surface area contributed by atoms with Crippen LogP contribution in [0.5, 0.6) is 11.5 Å². The van der Waals surface area contributed by atoms with Gasteiger partial charge in [0, 0.05) is 16.7 Å². The number of nitrogens with one attached hydrogen (secondary N) is 1. The maximum absolute atomic E-state index is 5.75. The number of ether oxygens (including phenoxy) is 1. The number of rotatable bonds is 3. The van der Waals surface area contributed by atoms with Gasteiger partial charge in [-0.05, 0) is 36.8 Å². The summed E-state index contributed by atoms with van der Waals surface area (Å²) >= 11 is 3.41. The summed E-state index contributed by atoms with van der Waals surface area (Å²) in [4.78, 5) is 4.01. The number of aromatic nitrogens is 1. The molecule has 4 nitrogen and oxygen atoms in total. The summed E-state index contributed by atoms with van der Waals surface area (Å²) in [6.45, 7) is 1.99. The van der Waals surface area contributed by atoms with Crippen LogP contribution in [0.15, 0.2) is 41.0 Å². The zero-order valence-corrected chi connectivity index (χ0v) is 10.9. The summed E-state index contributed by atoms with van der Waals surface area (Å²) in [5.41, 5.74) is 3.53. The monoisotopic (exact) mass is 293 g/mol. The van der Waals surface area contributed by atoms with Crippen molar-refractivity contribution in [1.82, 2.24) is 4.98 Å². The van der Waals surface area contributed by atoms with Crippen LogP contribution in [0.2, 0.25) is 0 Å². The molecule has 0 saturated carbocycles. The molecule has 0 aliphatic carbocycles. The molecule has 0 atom stereocenters. The van der Waals surface area contributed by atoms with Crippen LogP contribution >= 0.6 is 15.9 Å². The summed E-state index contributed by atoms with van der Waals surface area (Å²) in [6, 6.07) is 9.36. The number of aryl methyl sites for hydroxylation is 1. The fraction of sp³-hybridized carbons (Fsp3) is 0.0833. The van der Waals surface area contributed by atoms with E-state index in [0.717, 1.165) is 15.8 Å². The molecule has 17 heavy (non-hydrogen) atoms. The number of halogens is 1. The van der Waals surface area contributed by atoms with E-state index in [-0.39, 0.29) is 0 Å². The lowest BCUT2D eigenvalue weighted by molar-refractivity contribution is 0.478. The Morgan fingerprint density at radius 1 is 1.29 bits per heavy atom. The molecule has 2 aromatic rings. The van der Waals surface area contributed by atoms with Crippen molar-refractivity contribution < 1.29 is 4.74 Å². The highest BCUT2D eigenvalue weighted by molar-refractivity contribution is 9.10. The van der Waals surface area contributed by atoms with Crippen LogP contribution in [0.3, 0.4) is 0 Å². The van der Waals surface area contributed by atoms with Crippen LogP contribution < -0.4 is 16.0 Å². The van der Waals surface area contributed by atoms with Crippen molar-refractivity contribution >= 4 is 21.7 Å². The molecule has 0 unspecified atom stereocenters. The van der Waals surface area contributed by atoms with E-state index in [1.807, 2.05) is 25.1 Å². The molecule has 88 valence electrons. The molecule has 0 bridgehead atoms. The molecule has 0 spiro atoms. The zero-order chi connectivity index (χ0) is 12.3. The maximum Gasteiger partial charge on any atom is 0.143 e. The van der Waals surface area contributed by atoms with Gasteiger partial charge in [-0.25, -0.2) is 10.8 Å². The number of nitrogens with two attached hydrogens (primary N) is 1. The van der Waals surface area contributed by atoms with E-state index in [1.54, 1.807) is 18.3 Å². The van der Waals surface area contributed by atoms with Gasteiger partial charge in [0.05, 0.1) is 0 Å². The lowest BCUT2D eigenvalue weighted by atomic mass is 10.2. The van der Waals surface area contributed by atoms with Crippen molar-refractivity contribution in [3.8, 4) is 11.5 Å². The number of benzene rings is 1. The summed E-state index contributed by atoms with van der Waals surface area (Å²) in [5.74, 6) is 7.36. The summed E-state index contributed by atoms with van der Waals surface area (Å²) < 4.78 is 6.78. The Balaban J connectivity index is 2.25. The normalized spacial score (nSPS) is 10.1. The average Bonchev–Trinajstić information content (AvgIpc) is 2.33. The average molecular weight is 294 g/mol. The van der Waals surface area contributed by atoms with Gasteiger partial charge >= 0.3 is 0 Å². The van der Waals surface area contributed by atoms with Gasteiger partial charge < -0.3 is 10.2 Å². The quantitative estimate of drug-likeness (QED) is 0.674. The van der Waals surface area contributed by atoms with Crippen LogP contribution in [0, 0.1) is 6.92 Å². The van der Waals surface area contributed by atoms with Gasteiger partial charge in [-0.2, -0.15) is 0 Å². The second kappa shape index (κ2) is 5.16. The molecule has 2 rings (SSSR count). The number of hydrazine groups is 1. The lowest BCUT2D eigenvalue weighted by Gasteiger charge is -2.09. The molecular formula is C12H12BrN3O. The highest BCUT2D eigenvalue weighted by Crippen LogP contribution is 2.27. The number of hydrogen-bond acceptors (Lipinski definition) is 4. The van der Waals surface area contributed by atoms with Crippen molar-refractivity contribution in [3.63, 3.8) is 0 Å². The van der Waals surface area contributed by atoms with Crippen molar-refractivity contribution in [1.29, 1.82) is 0 Å². The Kier molecular flexibility index (Phi) is 3.61. The predicted octanol–water partition coefficient (Wildman–Crippen LogP) is 3.23. The minimum absolute atomic E-state index is 0.567. The number of anilines is 1. The Labute approximate surface area is 108 Å². The van der Waals surface area contributed by atoms with E-state index in [9.17, 15) is 0 Å². The van der Waals surface area contributed by atoms with Crippen LogP contribution in [0.25, 0.3) is 0 Å². The highest BCUT2D eigenvalue weighted by atomic mass is 79.9. The molecule has 0 amide bonds. The maximum atomic E-state index is 5.75. The van der Waals surface area contributed by atoms with E-state index in [2.05, 4.69) is 26.3 Å². The molecular weight excluding hydrogens is 282 g/mol. The largest absolute Gasteiger partial charge is 0.457 e. The first kappa shape index (κ1) is 11.9. The van der Waals surface area contributed by atoms with Crippen molar-refractivity contribution in [2.45, 2.75) is 6.92 Å². The van der Waals surface area contributed by atoms with Crippen molar-refractivity contribution in [2.24, 2.45) is 5.84 Å². The highest BCUT2D eigenvalue weighted by Gasteiger charge is 2.03. The SMILES string of the molecule is Cc1cc(Br)ccc1Oc1ccnc(NN)c1. The summed E-state index contributed by atoms with van der Waals surface area (Å²) in [6.07, 6.45) is 1.64. The predicted molar refractivity (Wildman–Crippen MR) is 71.0 cm³/mol. The first-order valence-corrected chi connectivity index (χ1v) is 5.85. The minimum atomic E-state index is 0.567. The van der Waals surface area contributed by atoms with Crippen LogP contribution in [0.4, 0.5) is 5.82 Å². The number of nitrogen functional groups attached to an aromatic ring is 1. The van der Waals surface area contributed by atoms with Gasteiger partial charge in [0.15, 0.2) is 0 Å². The Hall–Kier alpha value is -1.59. The Bertz CT molecular complexity index is 531. The number of nitrogens with zero attached hydrogens (tertiary/aromatic N) is 1. The van der Waals surface area contributed by atoms with Crippen LogP contribution in [-0.2, 0) is 0 Å². The topological polar surface area (TPSA) is 60.2 Å². The standard InChI is InChI=1S/C12H12BrN3O/c1-8-6-9(13)2-3-11(8)17-10-4-5-15-12(7-10)16-14/h2-7H,14H2,1H3,(H,15,16). The molecule has 1 heterocycles. The minimum Gasteiger partial charge on any atom is -0.457 e. The fourth-order valence-corrected chi connectivity index (χ4v) is 1.88. The molecule has 0 saturated heterocycles. The third-order valence-electron chi connectivity index (χ3n) is 2.24. The molecule has 1 aromatic carbocycles. The molecule has 1 aromatic heterocycles. The van der Waals surface area contributed by atoms with E-state index in [1.165, 1.54) is 0 Å². The third-order valence-corrected chi connectivity index (χ3v) is 2.74. The Morgan fingerprint density at radius 2 is 2.12 bits per heavy atom. The Morgan fingerprint density at radius 3 is 2.82 bits per heavy atom. The van der Waals surface area contributed by atoms with Gasteiger partial charge in [0.25, 0.3) is 0 Å². The zero-order valence-electron chi connectivity index (χ0n) is 9.27. The summed E-state index contributed by atoms with van der Waals surface area (Å²) in [5, 5.41) is 0. The van der Waals surface area contributed by atoms with Gasteiger partial charge in [-0.1, -0.05) is 15.9 Å². The molecule has 3 N–H and O–H groups in total.